The van der Waals surface area contributed by atoms with Gasteiger partial charge in [0.25, 0.3) is 5.91 Å². The van der Waals surface area contributed by atoms with Crippen LogP contribution in [0.25, 0.3) is 0 Å². The zero-order valence-corrected chi connectivity index (χ0v) is 12.7. The Kier molecular flexibility index (Phi) is 5.38. The van der Waals surface area contributed by atoms with Crippen LogP contribution >= 0.6 is 0 Å². The normalized spacial score (nSPS) is 17.5. The summed E-state index contributed by atoms with van der Waals surface area (Å²) in [6.45, 7) is 7.17. The molecule has 2 heterocycles. The Labute approximate surface area is 125 Å². The molecule has 2 rings (SSSR count). The van der Waals surface area contributed by atoms with Crippen molar-refractivity contribution in [3.63, 3.8) is 0 Å². The number of carbonyl (C=O) groups is 2. The molecule has 1 unspecified atom stereocenters. The molecule has 1 fully saturated rings. The number of carbonyl (C=O) groups excluding carboxylic acids is 2. The zero-order valence-electron chi connectivity index (χ0n) is 12.7. The minimum absolute atomic E-state index is 0.00698. The van der Waals surface area contributed by atoms with E-state index in [9.17, 15) is 9.59 Å². The van der Waals surface area contributed by atoms with E-state index in [4.69, 9.17) is 4.42 Å². The minimum atomic E-state index is -0.00698. The largest absolute Gasteiger partial charge is 0.472 e. The fourth-order valence-electron chi connectivity index (χ4n) is 2.30. The van der Waals surface area contributed by atoms with E-state index in [-0.39, 0.29) is 17.9 Å². The predicted octanol–water partition coefficient (Wildman–Crippen LogP) is 0.952. The molecule has 0 aromatic carbocycles. The van der Waals surface area contributed by atoms with E-state index in [2.05, 4.69) is 10.2 Å². The molecule has 1 aliphatic rings. The maximum Gasteiger partial charge on any atom is 0.257 e. The average Bonchev–Trinajstić information content (AvgIpc) is 3.01. The van der Waals surface area contributed by atoms with Gasteiger partial charge in [-0.2, -0.15) is 0 Å². The van der Waals surface area contributed by atoms with Gasteiger partial charge in [-0.3, -0.25) is 14.5 Å². The number of nitrogens with one attached hydrogen (secondary N) is 1. The molecule has 0 saturated carbocycles. The first-order chi connectivity index (χ1) is 10.1. The third kappa shape index (κ3) is 4.32. The molecule has 116 valence electrons. The molecule has 1 saturated heterocycles. The number of hydrogen-bond donors (Lipinski definition) is 1. The summed E-state index contributed by atoms with van der Waals surface area (Å²) in [5, 5.41) is 2.96. The SMILES string of the molecule is CCC(C)NC(=O)CN1CCN(C(=O)c2ccoc2)CC1. The summed E-state index contributed by atoms with van der Waals surface area (Å²) in [4.78, 5) is 27.9. The van der Waals surface area contributed by atoms with Crippen LogP contribution in [0, 0.1) is 0 Å². The Morgan fingerprint density at radius 1 is 1.33 bits per heavy atom. The molecule has 1 atom stereocenters. The second-order valence-corrected chi connectivity index (χ2v) is 5.46. The number of rotatable bonds is 5. The van der Waals surface area contributed by atoms with E-state index < -0.39 is 0 Å². The molecule has 1 aromatic rings. The molecule has 0 bridgehead atoms. The molecule has 1 aliphatic heterocycles. The van der Waals surface area contributed by atoms with Gasteiger partial charge in [0.1, 0.15) is 6.26 Å². The van der Waals surface area contributed by atoms with E-state index in [1.54, 1.807) is 11.0 Å². The van der Waals surface area contributed by atoms with Gasteiger partial charge in [0.2, 0.25) is 5.91 Å². The molecule has 1 aromatic heterocycles. The van der Waals surface area contributed by atoms with Crippen molar-refractivity contribution in [3.8, 4) is 0 Å². The van der Waals surface area contributed by atoms with Gasteiger partial charge < -0.3 is 14.6 Å². The van der Waals surface area contributed by atoms with Crippen LogP contribution < -0.4 is 5.32 Å². The number of hydrogen-bond acceptors (Lipinski definition) is 4. The van der Waals surface area contributed by atoms with Crippen molar-refractivity contribution in [2.45, 2.75) is 26.3 Å². The van der Waals surface area contributed by atoms with Crippen molar-refractivity contribution in [3.05, 3.63) is 24.2 Å². The molecular weight excluding hydrogens is 270 g/mol. The van der Waals surface area contributed by atoms with Crippen LogP contribution in [0.3, 0.4) is 0 Å². The molecular formula is C15H23N3O3. The van der Waals surface area contributed by atoms with Gasteiger partial charge >= 0.3 is 0 Å². The minimum Gasteiger partial charge on any atom is -0.472 e. The predicted molar refractivity (Wildman–Crippen MR) is 78.9 cm³/mol. The fourth-order valence-corrected chi connectivity index (χ4v) is 2.30. The summed E-state index contributed by atoms with van der Waals surface area (Å²) in [5.74, 6) is 0.0476. The highest BCUT2D eigenvalue weighted by atomic mass is 16.3. The Hall–Kier alpha value is -1.82. The first kappa shape index (κ1) is 15.6. The van der Waals surface area contributed by atoms with E-state index in [0.717, 1.165) is 19.5 Å². The van der Waals surface area contributed by atoms with Gasteiger partial charge in [-0.25, -0.2) is 0 Å². The van der Waals surface area contributed by atoms with Crippen LogP contribution in [0.2, 0.25) is 0 Å². The summed E-state index contributed by atoms with van der Waals surface area (Å²) >= 11 is 0. The van der Waals surface area contributed by atoms with E-state index in [1.807, 2.05) is 13.8 Å². The zero-order chi connectivity index (χ0) is 15.2. The summed E-state index contributed by atoms with van der Waals surface area (Å²) in [6, 6.07) is 1.88. The van der Waals surface area contributed by atoms with Crippen LogP contribution in [-0.2, 0) is 4.79 Å². The fraction of sp³-hybridized carbons (Fsp3) is 0.600. The number of piperazine rings is 1. The van der Waals surface area contributed by atoms with Crippen LogP contribution in [0.15, 0.2) is 23.0 Å². The molecule has 1 N–H and O–H groups in total. The smallest absolute Gasteiger partial charge is 0.257 e. The Morgan fingerprint density at radius 3 is 2.62 bits per heavy atom. The lowest BCUT2D eigenvalue weighted by atomic mass is 10.2. The molecule has 2 amide bonds. The Balaban J connectivity index is 1.76. The number of nitrogens with zero attached hydrogens (tertiary/aromatic N) is 2. The number of amides is 2. The number of furan rings is 1. The van der Waals surface area contributed by atoms with Crippen molar-refractivity contribution < 1.29 is 14.0 Å². The highest BCUT2D eigenvalue weighted by Gasteiger charge is 2.23. The first-order valence-electron chi connectivity index (χ1n) is 7.43. The van der Waals surface area contributed by atoms with Crippen molar-refractivity contribution in [1.82, 2.24) is 15.1 Å². The van der Waals surface area contributed by atoms with Crippen LogP contribution in [0.1, 0.15) is 30.6 Å². The van der Waals surface area contributed by atoms with Gasteiger partial charge in [0.15, 0.2) is 0 Å². The van der Waals surface area contributed by atoms with Gasteiger partial charge in [0, 0.05) is 32.2 Å². The Morgan fingerprint density at radius 2 is 2.05 bits per heavy atom. The lowest BCUT2D eigenvalue weighted by molar-refractivity contribution is -0.123. The molecule has 0 aliphatic carbocycles. The van der Waals surface area contributed by atoms with E-state index in [1.165, 1.54) is 12.5 Å². The summed E-state index contributed by atoms with van der Waals surface area (Å²) in [7, 11) is 0. The second kappa shape index (κ2) is 7.26. The molecule has 6 nitrogen and oxygen atoms in total. The lowest BCUT2D eigenvalue weighted by Crippen LogP contribution is -2.51. The van der Waals surface area contributed by atoms with Crippen LogP contribution in [0.5, 0.6) is 0 Å². The summed E-state index contributed by atoms with van der Waals surface area (Å²) < 4.78 is 4.94. The quantitative estimate of drug-likeness (QED) is 0.878. The Bertz CT molecular complexity index is 465. The highest BCUT2D eigenvalue weighted by molar-refractivity contribution is 5.93. The average molecular weight is 293 g/mol. The summed E-state index contributed by atoms with van der Waals surface area (Å²) in [6.07, 6.45) is 3.90. The van der Waals surface area contributed by atoms with Gasteiger partial charge in [-0.1, -0.05) is 6.92 Å². The third-order valence-corrected chi connectivity index (χ3v) is 3.81. The van der Waals surface area contributed by atoms with E-state index in [0.29, 0.717) is 25.2 Å². The maximum absolute atomic E-state index is 12.1. The molecule has 6 heteroatoms. The first-order valence-corrected chi connectivity index (χ1v) is 7.43. The third-order valence-electron chi connectivity index (χ3n) is 3.81. The van der Waals surface area contributed by atoms with Crippen molar-refractivity contribution in [2.24, 2.45) is 0 Å². The van der Waals surface area contributed by atoms with Crippen LogP contribution in [-0.4, -0.2) is 60.4 Å². The van der Waals surface area contributed by atoms with Gasteiger partial charge in [-0.05, 0) is 19.4 Å². The van der Waals surface area contributed by atoms with Crippen molar-refractivity contribution in [2.75, 3.05) is 32.7 Å². The van der Waals surface area contributed by atoms with Crippen molar-refractivity contribution >= 4 is 11.8 Å². The second-order valence-electron chi connectivity index (χ2n) is 5.46. The molecule has 0 spiro atoms. The monoisotopic (exact) mass is 293 g/mol. The highest BCUT2D eigenvalue weighted by Crippen LogP contribution is 2.09. The van der Waals surface area contributed by atoms with Gasteiger partial charge in [0.05, 0.1) is 18.4 Å². The van der Waals surface area contributed by atoms with Crippen LogP contribution in [0.4, 0.5) is 0 Å². The topological polar surface area (TPSA) is 65.8 Å². The van der Waals surface area contributed by atoms with Gasteiger partial charge in [-0.15, -0.1) is 0 Å². The molecule has 0 radical (unpaired) electrons. The molecule has 21 heavy (non-hydrogen) atoms. The van der Waals surface area contributed by atoms with Crippen molar-refractivity contribution in [1.29, 1.82) is 0 Å². The summed E-state index contributed by atoms with van der Waals surface area (Å²) in [5.41, 5.74) is 0.581. The lowest BCUT2D eigenvalue weighted by Gasteiger charge is -2.34. The van der Waals surface area contributed by atoms with E-state index >= 15 is 0 Å². The standard InChI is InChI=1S/C15H23N3O3/c1-3-12(2)16-14(19)10-17-5-7-18(8-6-17)15(20)13-4-9-21-11-13/h4,9,11-12H,3,5-8,10H2,1-2H3,(H,16,19). The maximum atomic E-state index is 12.1.